The molecule has 2 aromatic rings. The van der Waals surface area contributed by atoms with Crippen molar-refractivity contribution in [1.82, 2.24) is 14.9 Å². The van der Waals surface area contributed by atoms with Crippen molar-refractivity contribution < 1.29 is 9.53 Å². The van der Waals surface area contributed by atoms with Crippen LogP contribution in [0.2, 0.25) is 0 Å². The number of carbonyl (C=O) groups is 1. The molecule has 140 valence electrons. The van der Waals surface area contributed by atoms with Crippen LogP contribution in [0.1, 0.15) is 54.3 Å². The van der Waals surface area contributed by atoms with Gasteiger partial charge in [0.2, 0.25) is 0 Å². The SMILES string of the molecule is CCOC(=O)c1sc2ncnc(NC3CCN(C4CCCC4)C3)c2c1C. The van der Waals surface area contributed by atoms with Crippen molar-refractivity contribution in [3.63, 3.8) is 0 Å². The highest BCUT2D eigenvalue weighted by molar-refractivity contribution is 7.20. The first kappa shape index (κ1) is 17.7. The summed E-state index contributed by atoms with van der Waals surface area (Å²) in [6.45, 7) is 6.39. The zero-order chi connectivity index (χ0) is 18.1. The van der Waals surface area contributed by atoms with Gasteiger partial charge in [0.15, 0.2) is 0 Å². The van der Waals surface area contributed by atoms with Crippen molar-refractivity contribution in [2.24, 2.45) is 0 Å². The molecule has 3 heterocycles. The minimum absolute atomic E-state index is 0.271. The van der Waals surface area contributed by atoms with Crippen LogP contribution in [0.3, 0.4) is 0 Å². The lowest BCUT2D eigenvalue weighted by Crippen LogP contribution is -2.33. The van der Waals surface area contributed by atoms with E-state index in [-0.39, 0.29) is 5.97 Å². The Labute approximate surface area is 158 Å². The molecule has 1 atom stereocenters. The fourth-order valence-corrected chi connectivity index (χ4v) is 5.31. The number of hydrogen-bond acceptors (Lipinski definition) is 7. The van der Waals surface area contributed by atoms with E-state index in [2.05, 4.69) is 20.2 Å². The second-order valence-corrected chi connectivity index (χ2v) is 8.24. The Morgan fingerprint density at radius 3 is 2.92 bits per heavy atom. The third-order valence-electron chi connectivity index (χ3n) is 5.59. The number of hydrogen-bond donors (Lipinski definition) is 1. The van der Waals surface area contributed by atoms with Gasteiger partial charge >= 0.3 is 5.97 Å². The first-order valence-electron chi connectivity index (χ1n) is 9.59. The van der Waals surface area contributed by atoms with Gasteiger partial charge in [0.05, 0.1) is 12.0 Å². The van der Waals surface area contributed by atoms with E-state index in [0.717, 1.165) is 47.2 Å². The minimum atomic E-state index is -0.271. The summed E-state index contributed by atoms with van der Waals surface area (Å²) in [6.07, 6.45) is 8.15. The van der Waals surface area contributed by atoms with Gasteiger partial charge in [0.25, 0.3) is 0 Å². The highest BCUT2D eigenvalue weighted by atomic mass is 32.1. The number of carbonyl (C=O) groups excluding carboxylic acids is 1. The molecule has 2 fully saturated rings. The number of likely N-dealkylation sites (tertiary alicyclic amines) is 1. The maximum Gasteiger partial charge on any atom is 0.348 e. The van der Waals surface area contributed by atoms with Crippen LogP contribution in [-0.2, 0) is 4.74 Å². The number of ether oxygens (including phenoxy) is 1. The zero-order valence-corrected chi connectivity index (χ0v) is 16.3. The van der Waals surface area contributed by atoms with E-state index in [9.17, 15) is 4.79 Å². The summed E-state index contributed by atoms with van der Waals surface area (Å²) in [7, 11) is 0. The highest BCUT2D eigenvalue weighted by Crippen LogP contribution is 2.35. The fourth-order valence-electron chi connectivity index (χ4n) is 4.27. The zero-order valence-electron chi connectivity index (χ0n) is 15.5. The van der Waals surface area contributed by atoms with Gasteiger partial charge < -0.3 is 10.1 Å². The third-order valence-corrected chi connectivity index (χ3v) is 6.77. The fraction of sp³-hybridized carbons (Fsp3) is 0.632. The predicted octanol–water partition coefficient (Wildman–Crippen LogP) is 3.61. The molecule has 26 heavy (non-hydrogen) atoms. The van der Waals surface area contributed by atoms with Gasteiger partial charge in [0, 0.05) is 25.2 Å². The number of nitrogens with zero attached hydrogens (tertiary/aromatic N) is 3. The number of esters is 1. The summed E-state index contributed by atoms with van der Waals surface area (Å²) < 4.78 is 5.18. The quantitative estimate of drug-likeness (QED) is 0.807. The van der Waals surface area contributed by atoms with Crippen LogP contribution in [0.15, 0.2) is 6.33 Å². The van der Waals surface area contributed by atoms with E-state index < -0.39 is 0 Å². The number of anilines is 1. The molecule has 1 aliphatic heterocycles. The molecule has 7 heteroatoms. The summed E-state index contributed by atoms with van der Waals surface area (Å²) in [5.74, 6) is 0.574. The standard InChI is InChI=1S/C19H26N4O2S/c1-3-25-19(24)16-12(2)15-17(20-11-21-18(15)26-16)22-13-8-9-23(10-13)14-6-4-5-7-14/h11,13-14H,3-10H2,1-2H3,(H,20,21,22). The molecule has 0 radical (unpaired) electrons. The van der Waals surface area contributed by atoms with Crippen molar-refractivity contribution in [3.8, 4) is 0 Å². The molecule has 2 aromatic heterocycles. The van der Waals surface area contributed by atoms with Crippen molar-refractivity contribution in [2.45, 2.75) is 58.0 Å². The topological polar surface area (TPSA) is 67.3 Å². The van der Waals surface area contributed by atoms with E-state index in [1.165, 1.54) is 37.0 Å². The molecule has 0 aromatic carbocycles. The Kier molecular flexibility index (Phi) is 5.09. The molecule has 0 spiro atoms. The maximum atomic E-state index is 12.2. The van der Waals surface area contributed by atoms with E-state index in [1.807, 2.05) is 13.8 Å². The highest BCUT2D eigenvalue weighted by Gasteiger charge is 2.30. The summed E-state index contributed by atoms with van der Waals surface area (Å²) in [5, 5.41) is 4.58. The number of thiophene rings is 1. The molecular weight excluding hydrogens is 348 g/mol. The molecule has 0 bridgehead atoms. The van der Waals surface area contributed by atoms with Crippen LogP contribution >= 0.6 is 11.3 Å². The summed E-state index contributed by atoms with van der Waals surface area (Å²) in [6, 6.07) is 1.17. The molecule has 0 amide bonds. The Morgan fingerprint density at radius 2 is 2.15 bits per heavy atom. The average Bonchev–Trinajstić information content (AvgIpc) is 3.35. The van der Waals surface area contributed by atoms with Crippen LogP contribution in [-0.4, -0.2) is 52.6 Å². The van der Waals surface area contributed by atoms with Crippen LogP contribution in [0.4, 0.5) is 5.82 Å². The Hall–Kier alpha value is -1.73. The normalized spacial score (nSPS) is 21.5. The van der Waals surface area contributed by atoms with Gasteiger partial charge in [-0.25, -0.2) is 14.8 Å². The maximum absolute atomic E-state index is 12.2. The average molecular weight is 375 g/mol. The van der Waals surface area contributed by atoms with Crippen LogP contribution in [0.5, 0.6) is 0 Å². The number of fused-ring (bicyclic) bond motifs is 1. The number of aryl methyl sites for hydroxylation is 1. The Balaban J connectivity index is 1.54. The summed E-state index contributed by atoms with van der Waals surface area (Å²) in [4.78, 5) is 25.2. The molecule has 6 nitrogen and oxygen atoms in total. The van der Waals surface area contributed by atoms with Crippen LogP contribution in [0.25, 0.3) is 10.2 Å². The smallest absolute Gasteiger partial charge is 0.348 e. The first-order chi connectivity index (χ1) is 12.7. The number of rotatable bonds is 5. The second kappa shape index (κ2) is 7.48. The van der Waals surface area contributed by atoms with Gasteiger partial charge in [-0.2, -0.15) is 0 Å². The monoisotopic (exact) mass is 374 g/mol. The molecule has 1 saturated heterocycles. The third kappa shape index (κ3) is 3.30. The van der Waals surface area contributed by atoms with Gasteiger partial charge in [-0.1, -0.05) is 12.8 Å². The summed E-state index contributed by atoms with van der Waals surface area (Å²) >= 11 is 1.39. The lowest BCUT2D eigenvalue weighted by Gasteiger charge is -2.23. The van der Waals surface area contributed by atoms with E-state index in [0.29, 0.717) is 17.5 Å². The van der Waals surface area contributed by atoms with Gasteiger partial charge in [-0.05, 0) is 38.7 Å². The van der Waals surface area contributed by atoms with E-state index in [1.54, 1.807) is 6.33 Å². The van der Waals surface area contributed by atoms with Gasteiger partial charge in [0.1, 0.15) is 21.9 Å². The molecule has 1 unspecified atom stereocenters. The molecule has 1 N–H and O–H groups in total. The van der Waals surface area contributed by atoms with Crippen molar-refractivity contribution in [3.05, 3.63) is 16.8 Å². The largest absolute Gasteiger partial charge is 0.462 e. The van der Waals surface area contributed by atoms with Crippen LogP contribution in [0, 0.1) is 6.92 Å². The predicted molar refractivity (Wildman–Crippen MR) is 104 cm³/mol. The molecule has 2 aliphatic rings. The van der Waals surface area contributed by atoms with E-state index >= 15 is 0 Å². The lowest BCUT2D eigenvalue weighted by molar-refractivity contribution is 0.0531. The first-order valence-corrected chi connectivity index (χ1v) is 10.4. The minimum Gasteiger partial charge on any atom is -0.462 e. The lowest BCUT2D eigenvalue weighted by atomic mass is 10.2. The van der Waals surface area contributed by atoms with Crippen molar-refractivity contribution >= 4 is 33.3 Å². The Morgan fingerprint density at radius 1 is 1.35 bits per heavy atom. The number of nitrogens with one attached hydrogen (secondary N) is 1. The number of aromatic nitrogens is 2. The molecule has 1 saturated carbocycles. The van der Waals surface area contributed by atoms with E-state index in [4.69, 9.17) is 4.74 Å². The van der Waals surface area contributed by atoms with Gasteiger partial charge in [-0.3, -0.25) is 4.90 Å². The van der Waals surface area contributed by atoms with Gasteiger partial charge in [-0.15, -0.1) is 11.3 Å². The molecular formula is C19H26N4O2S. The van der Waals surface area contributed by atoms with Crippen molar-refractivity contribution in [1.29, 1.82) is 0 Å². The Bertz CT molecular complexity index is 800. The summed E-state index contributed by atoms with van der Waals surface area (Å²) in [5.41, 5.74) is 0.914. The van der Waals surface area contributed by atoms with Crippen LogP contribution < -0.4 is 5.32 Å². The van der Waals surface area contributed by atoms with Crippen molar-refractivity contribution in [2.75, 3.05) is 25.0 Å². The molecule has 4 rings (SSSR count). The second-order valence-electron chi connectivity index (χ2n) is 7.24. The molecule has 1 aliphatic carbocycles.